The minimum atomic E-state index is -3.52. The smallest absolute Gasteiger partial charge is 0.306 e. The summed E-state index contributed by atoms with van der Waals surface area (Å²) in [5, 5.41) is 6.05. The molecule has 0 bridgehead atoms. The number of methoxy groups -OCH3 is 1. The lowest BCUT2D eigenvalue weighted by Gasteiger charge is -2.09. The standard InChI is InChI=1S/C29H30N2O5S/c1-20-3-7-22(8-4-20)23-9-12-27-25(17-23)18-24(14-16-37(27,34)35)29(33)31-26-10-5-21(6-11-26)19-30-15-13-28(32)36-2/h3-12,17-18,30H,13-16,19H2,1-2H3,(H,31,33). The summed E-state index contributed by atoms with van der Waals surface area (Å²) in [4.78, 5) is 24.5. The summed E-state index contributed by atoms with van der Waals surface area (Å²) in [6.45, 7) is 3.10. The number of benzene rings is 3. The van der Waals surface area contributed by atoms with E-state index in [-0.39, 0.29) is 28.9 Å². The lowest BCUT2D eigenvalue weighted by atomic mass is 10.0. The third-order valence-corrected chi connectivity index (χ3v) is 8.05. The van der Waals surface area contributed by atoms with Gasteiger partial charge in [0.1, 0.15) is 0 Å². The minimum absolute atomic E-state index is 0.126. The molecular weight excluding hydrogens is 488 g/mol. The fraction of sp³-hybridized carbons (Fsp3) is 0.241. The van der Waals surface area contributed by atoms with Gasteiger partial charge in [0.25, 0.3) is 5.91 Å². The molecule has 8 heteroatoms. The van der Waals surface area contributed by atoms with Crippen LogP contribution in [0.1, 0.15) is 29.5 Å². The highest BCUT2D eigenvalue weighted by Gasteiger charge is 2.25. The maximum Gasteiger partial charge on any atom is 0.306 e. The summed E-state index contributed by atoms with van der Waals surface area (Å²) >= 11 is 0. The Balaban J connectivity index is 1.48. The number of ether oxygens (including phenoxy) is 1. The van der Waals surface area contributed by atoms with Gasteiger partial charge in [-0.05, 0) is 65.9 Å². The molecule has 7 nitrogen and oxygen atoms in total. The molecule has 4 rings (SSSR count). The maximum absolute atomic E-state index is 13.1. The monoisotopic (exact) mass is 518 g/mol. The largest absolute Gasteiger partial charge is 0.469 e. The van der Waals surface area contributed by atoms with Gasteiger partial charge in [-0.15, -0.1) is 0 Å². The van der Waals surface area contributed by atoms with Crippen molar-refractivity contribution in [2.24, 2.45) is 0 Å². The van der Waals surface area contributed by atoms with Crippen molar-refractivity contribution in [3.63, 3.8) is 0 Å². The molecule has 0 spiro atoms. The van der Waals surface area contributed by atoms with Crippen LogP contribution in [-0.4, -0.2) is 39.7 Å². The third-order valence-electron chi connectivity index (χ3n) is 6.27. The van der Waals surface area contributed by atoms with Crippen molar-refractivity contribution >= 4 is 33.5 Å². The Bertz CT molecular complexity index is 1430. The molecule has 0 aliphatic carbocycles. The first-order valence-corrected chi connectivity index (χ1v) is 13.7. The second-order valence-corrected chi connectivity index (χ2v) is 11.1. The molecule has 2 N–H and O–H groups in total. The number of hydrogen-bond acceptors (Lipinski definition) is 6. The average Bonchev–Trinajstić information content (AvgIpc) is 3.03. The molecule has 3 aromatic carbocycles. The van der Waals surface area contributed by atoms with Crippen molar-refractivity contribution in [1.82, 2.24) is 5.32 Å². The van der Waals surface area contributed by atoms with Crippen LogP contribution in [0, 0.1) is 6.92 Å². The van der Waals surface area contributed by atoms with Gasteiger partial charge in [0.2, 0.25) is 0 Å². The summed E-state index contributed by atoms with van der Waals surface area (Å²) in [5.41, 5.74) is 5.57. The Morgan fingerprint density at radius 1 is 0.946 bits per heavy atom. The number of carbonyl (C=O) groups is 2. The van der Waals surface area contributed by atoms with Crippen LogP contribution in [0.25, 0.3) is 17.2 Å². The predicted octanol–water partition coefficient (Wildman–Crippen LogP) is 4.51. The summed E-state index contributed by atoms with van der Waals surface area (Å²) < 4.78 is 30.4. The lowest BCUT2D eigenvalue weighted by molar-refractivity contribution is -0.140. The fourth-order valence-electron chi connectivity index (χ4n) is 4.11. The van der Waals surface area contributed by atoms with Gasteiger partial charge >= 0.3 is 5.97 Å². The molecule has 1 aliphatic heterocycles. The van der Waals surface area contributed by atoms with Gasteiger partial charge in [0.15, 0.2) is 9.84 Å². The quantitative estimate of drug-likeness (QED) is 0.336. The summed E-state index contributed by atoms with van der Waals surface area (Å²) in [5.74, 6) is -0.716. The van der Waals surface area contributed by atoms with Crippen molar-refractivity contribution in [2.45, 2.75) is 31.2 Å². The van der Waals surface area contributed by atoms with Crippen molar-refractivity contribution in [3.8, 4) is 11.1 Å². The van der Waals surface area contributed by atoms with Gasteiger partial charge in [-0.3, -0.25) is 9.59 Å². The highest BCUT2D eigenvalue weighted by Crippen LogP contribution is 2.31. The normalized spacial score (nSPS) is 14.2. The number of aryl methyl sites for hydroxylation is 1. The number of rotatable bonds is 8. The Morgan fingerprint density at radius 3 is 2.35 bits per heavy atom. The summed E-state index contributed by atoms with van der Waals surface area (Å²) in [6, 6.07) is 20.7. The molecule has 0 unspecified atom stereocenters. The first-order valence-electron chi connectivity index (χ1n) is 12.1. The number of anilines is 1. The molecule has 0 fully saturated rings. The van der Waals surface area contributed by atoms with E-state index in [9.17, 15) is 18.0 Å². The molecule has 0 radical (unpaired) electrons. The Morgan fingerprint density at radius 2 is 1.65 bits per heavy atom. The summed E-state index contributed by atoms with van der Waals surface area (Å²) in [6.07, 6.45) is 2.11. The fourth-order valence-corrected chi connectivity index (χ4v) is 5.57. The van der Waals surface area contributed by atoms with E-state index in [2.05, 4.69) is 15.4 Å². The number of hydrogen-bond donors (Lipinski definition) is 2. The summed E-state index contributed by atoms with van der Waals surface area (Å²) in [7, 11) is -2.15. The van der Waals surface area contributed by atoms with Crippen LogP contribution >= 0.6 is 0 Å². The highest BCUT2D eigenvalue weighted by molar-refractivity contribution is 7.91. The van der Waals surface area contributed by atoms with E-state index < -0.39 is 9.84 Å². The lowest BCUT2D eigenvalue weighted by Crippen LogP contribution is -2.18. The van der Waals surface area contributed by atoms with Crippen LogP contribution in [0.5, 0.6) is 0 Å². The number of esters is 1. The molecule has 0 saturated carbocycles. The predicted molar refractivity (Wildman–Crippen MR) is 145 cm³/mol. The van der Waals surface area contributed by atoms with Gasteiger partial charge in [-0.25, -0.2) is 8.42 Å². The van der Waals surface area contributed by atoms with Crippen LogP contribution in [0.3, 0.4) is 0 Å². The highest BCUT2D eigenvalue weighted by atomic mass is 32.2. The van der Waals surface area contributed by atoms with Crippen molar-refractivity contribution in [3.05, 3.63) is 89.0 Å². The number of amides is 1. The van der Waals surface area contributed by atoms with E-state index in [1.807, 2.05) is 55.5 Å². The maximum atomic E-state index is 13.1. The van der Waals surface area contributed by atoms with Gasteiger partial charge in [-0.2, -0.15) is 0 Å². The van der Waals surface area contributed by atoms with E-state index in [1.165, 1.54) is 7.11 Å². The zero-order valence-electron chi connectivity index (χ0n) is 20.9. The second-order valence-electron chi connectivity index (χ2n) is 9.01. The Labute approximate surface area is 217 Å². The van der Waals surface area contributed by atoms with Crippen molar-refractivity contribution in [1.29, 1.82) is 0 Å². The van der Waals surface area contributed by atoms with Crippen molar-refractivity contribution in [2.75, 3.05) is 24.7 Å². The molecule has 1 aliphatic rings. The van der Waals surface area contributed by atoms with Crippen LogP contribution < -0.4 is 10.6 Å². The molecule has 1 amide bonds. The number of nitrogens with one attached hydrogen (secondary N) is 2. The topological polar surface area (TPSA) is 102 Å². The molecule has 192 valence electrons. The van der Waals surface area contributed by atoms with E-state index in [0.717, 1.165) is 22.3 Å². The molecular formula is C29H30N2O5S. The zero-order valence-corrected chi connectivity index (χ0v) is 21.7. The van der Waals surface area contributed by atoms with Gasteiger partial charge < -0.3 is 15.4 Å². The van der Waals surface area contributed by atoms with Crippen LogP contribution in [0.15, 0.2) is 77.2 Å². The van der Waals surface area contributed by atoms with Crippen LogP contribution in [0.2, 0.25) is 0 Å². The second kappa shape index (κ2) is 11.5. The average molecular weight is 519 g/mol. The first-order chi connectivity index (χ1) is 17.7. The number of fused-ring (bicyclic) bond motifs is 1. The molecule has 37 heavy (non-hydrogen) atoms. The first kappa shape index (κ1) is 26.3. The van der Waals surface area contributed by atoms with E-state index in [0.29, 0.717) is 36.3 Å². The molecule has 0 saturated heterocycles. The molecule has 3 aromatic rings. The zero-order chi connectivity index (χ0) is 26.4. The Hall–Kier alpha value is -3.75. The van der Waals surface area contributed by atoms with Gasteiger partial charge in [0, 0.05) is 24.4 Å². The van der Waals surface area contributed by atoms with Crippen molar-refractivity contribution < 1.29 is 22.7 Å². The minimum Gasteiger partial charge on any atom is -0.469 e. The number of sulfone groups is 1. The number of carbonyl (C=O) groups excluding carboxylic acids is 2. The van der Waals surface area contributed by atoms with E-state index in [4.69, 9.17) is 0 Å². The van der Waals surface area contributed by atoms with Gasteiger partial charge in [0.05, 0.1) is 24.2 Å². The van der Waals surface area contributed by atoms with Crippen LogP contribution in [0.4, 0.5) is 5.69 Å². The van der Waals surface area contributed by atoms with E-state index in [1.54, 1.807) is 24.3 Å². The third kappa shape index (κ3) is 6.72. The Kier molecular flexibility index (Phi) is 8.21. The molecule has 0 aromatic heterocycles. The van der Waals surface area contributed by atoms with Crippen LogP contribution in [-0.2, 0) is 30.7 Å². The molecule has 0 atom stereocenters. The SMILES string of the molecule is COC(=O)CCNCc1ccc(NC(=O)C2=Cc3cc(-c4ccc(C)cc4)ccc3S(=O)(=O)CC2)cc1. The molecule has 1 heterocycles. The van der Waals surface area contributed by atoms with Gasteiger partial charge in [-0.1, -0.05) is 48.0 Å². The van der Waals surface area contributed by atoms with E-state index >= 15 is 0 Å².